The van der Waals surface area contributed by atoms with Crippen molar-refractivity contribution in [3.63, 3.8) is 0 Å². The van der Waals surface area contributed by atoms with Gasteiger partial charge in [-0.3, -0.25) is 0 Å². The quantitative estimate of drug-likeness (QED) is 0.621. The standard InChI is InChI=1S/C14H23F2/c1-9-3-6-11(7-4-9)12-8-5-10(2)13(15)14(12)16/h9-10,12-14H,3-8H2,1-2H3. The van der Waals surface area contributed by atoms with Crippen LogP contribution in [0.4, 0.5) is 8.78 Å². The molecular weight excluding hydrogens is 206 g/mol. The molecule has 0 aliphatic heterocycles. The van der Waals surface area contributed by atoms with E-state index < -0.39 is 12.3 Å². The van der Waals surface area contributed by atoms with Crippen LogP contribution in [0.15, 0.2) is 0 Å². The Morgan fingerprint density at radius 2 is 1.50 bits per heavy atom. The van der Waals surface area contributed by atoms with Crippen LogP contribution < -0.4 is 0 Å². The molecule has 2 aliphatic carbocycles. The Balaban J connectivity index is 1.94. The van der Waals surface area contributed by atoms with Gasteiger partial charge < -0.3 is 0 Å². The van der Waals surface area contributed by atoms with Gasteiger partial charge in [0.25, 0.3) is 0 Å². The molecule has 16 heavy (non-hydrogen) atoms. The molecule has 1 radical (unpaired) electrons. The second kappa shape index (κ2) is 5.01. The van der Waals surface area contributed by atoms with Crippen LogP contribution in [-0.2, 0) is 0 Å². The Hall–Kier alpha value is -0.140. The zero-order valence-corrected chi connectivity index (χ0v) is 10.4. The minimum atomic E-state index is -1.23. The van der Waals surface area contributed by atoms with E-state index in [4.69, 9.17) is 0 Å². The van der Waals surface area contributed by atoms with Gasteiger partial charge in [-0.05, 0) is 49.4 Å². The predicted molar refractivity (Wildman–Crippen MR) is 62.6 cm³/mol. The van der Waals surface area contributed by atoms with Crippen molar-refractivity contribution in [3.8, 4) is 0 Å². The summed E-state index contributed by atoms with van der Waals surface area (Å²) in [7, 11) is 0. The summed E-state index contributed by atoms with van der Waals surface area (Å²) in [5.41, 5.74) is 0. The molecule has 4 atom stereocenters. The van der Waals surface area contributed by atoms with Crippen molar-refractivity contribution in [2.24, 2.45) is 17.8 Å². The van der Waals surface area contributed by atoms with Crippen molar-refractivity contribution in [2.75, 3.05) is 0 Å². The number of halogens is 2. The molecule has 2 heteroatoms. The summed E-state index contributed by atoms with van der Waals surface area (Å²) < 4.78 is 27.6. The van der Waals surface area contributed by atoms with Crippen LogP contribution >= 0.6 is 0 Å². The van der Waals surface area contributed by atoms with Crippen LogP contribution in [0.25, 0.3) is 0 Å². The molecule has 0 bridgehead atoms. The molecule has 0 nitrogen and oxygen atoms in total. The molecule has 0 heterocycles. The van der Waals surface area contributed by atoms with E-state index in [1.807, 2.05) is 6.92 Å². The summed E-state index contributed by atoms with van der Waals surface area (Å²) in [6.45, 7) is 4.09. The highest BCUT2D eigenvalue weighted by atomic mass is 19.2. The largest absolute Gasteiger partial charge is 0.244 e. The third-order valence-corrected chi connectivity index (χ3v) is 4.61. The van der Waals surface area contributed by atoms with E-state index >= 15 is 0 Å². The average Bonchev–Trinajstić information content (AvgIpc) is 2.28. The van der Waals surface area contributed by atoms with Crippen molar-refractivity contribution in [1.29, 1.82) is 0 Å². The molecular formula is C14H23F2. The smallest absolute Gasteiger partial charge is 0.135 e. The van der Waals surface area contributed by atoms with Crippen molar-refractivity contribution < 1.29 is 8.78 Å². The van der Waals surface area contributed by atoms with Gasteiger partial charge in [0.1, 0.15) is 12.3 Å². The van der Waals surface area contributed by atoms with Gasteiger partial charge in [0.2, 0.25) is 0 Å². The highest BCUT2D eigenvalue weighted by Crippen LogP contribution is 2.44. The average molecular weight is 229 g/mol. The van der Waals surface area contributed by atoms with Crippen molar-refractivity contribution in [1.82, 2.24) is 0 Å². The van der Waals surface area contributed by atoms with Gasteiger partial charge in [-0.25, -0.2) is 8.78 Å². The van der Waals surface area contributed by atoms with Crippen LogP contribution in [0.1, 0.15) is 52.4 Å². The fourth-order valence-corrected chi connectivity index (χ4v) is 3.23. The lowest BCUT2D eigenvalue weighted by Gasteiger charge is -2.39. The van der Waals surface area contributed by atoms with Crippen LogP contribution in [0.2, 0.25) is 0 Å². The summed E-state index contributed by atoms with van der Waals surface area (Å²) in [5.74, 6) is 1.93. The van der Waals surface area contributed by atoms with E-state index in [1.54, 1.807) is 0 Å². The maximum absolute atomic E-state index is 14.0. The number of alkyl halides is 2. The molecule has 93 valence electrons. The number of hydrogen-bond donors (Lipinski definition) is 0. The summed E-state index contributed by atoms with van der Waals surface area (Å²) in [4.78, 5) is 0. The molecule has 2 rings (SSSR count). The fraction of sp³-hybridized carbons (Fsp3) is 0.929. The molecule has 0 N–H and O–H groups in total. The van der Waals surface area contributed by atoms with Crippen LogP contribution in [0, 0.1) is 23.7 Å². The minimum Gasteiger partial charge on any atom is -0.244 e. The summed E-state index contributed by atoms with van der Waals surface area (Å²) in [6.07, 6.45) is 3.67. The molecule has 0 aromatic carbocycles. The lowest BCUT2D eigenvalue weighted by Crippen LogP contribution is -2.40. The van der Waals surface area contributed by atoms with Crippen LogP contribution in [0.5, 0.6) is 0 Å². The zero-order valence-electron chi connectivity index (χ0n) is 10.4. The fourth-order valence-electron chi connectivity index (χ4n) is 3.23. The zero-order chi connectivity index (χ0) is 11.7. The van der Waals surface area contributed by atoms with Gasteiger partial charge in [0.05, 0.1) is 0 Å². The summed E-state index contributed by atoms with van der Waals surface area (Å²) in [5, 5.41) is 0. The predicted octanol–water partition coefficient (Wildman–Crippen LogP) is 4.49. The van der Waals surface area contributed by atoms with Gasteiger partial charge >= 0.3 is 0 Å². The third kappa shape index (κ3) is 2.41. The first-order valence-electron chi connectivity index (χ1n) is 6.72. The van der Waals surface area contributed by atoms with Gasteiger partial charge in [0.15, 0.2) is 0 Å². The molecule has 0 spiro atoms. The van der Waals surface area contributed by atoms with E-state index in [-0.39, 0.29) is 11.8 Å². The lowest BCUT2D eigenvalue weighted by atomic mass is 9.68. The topological polar surface area (TPSA) is 0 Å². The highest BCUT2D eigenvalue weighted by molar-refractivity contribution is 5.05. The monoisotopic (exact) mass is 229 g/mol. The third-order valence-electron chi connectivity index (χ3n) is 4.61. The minimum absolute atomic E-state index is 0.0706. The Labute approximate surface area is 97.8 Å². The van der Waals surface area contributed by atoms with Crippen LogP contribution in [-0.4, -0.2) is 12.3 Å². The SMILES string of the molecule is CC1CC[C](C2CCC(C)C(F)C2F)CC1. The van der Waals surface area contributed by atoms with Gasteiger partial charge in [-0.15, -0.1) is 0 Å². The molecule has 2 saturated carbocycles. The number of rotatable bonds is 1. The molecule has 0 aromatic heterocycles. The van der Waals surface area contributed by atoms with Crippen molar-refractivity contribution >= 4 is 0 Å². The molecule has 0 aromatic rings. The van der Waals surface area contributed by atoms with E-state index in [0.29, 0.717) is 0 Å². The van der Waals surface area contributed by atoms with E-state index in [9.17, 15) is 8.78 Å². The molecule has 2 fully saturated rings. The normalized spacial score (nSPS) is 43.5. The first kappa shape index (κ1) is 12.3. The molecule has 4 unspecified atom stereocenters. The molecule has 0 saturated heterocycles. The molecule has 2 aliphatic rings. The van der Waals surface area contributed by atoms with Gasteiger partial charge in [-0.1, -0.05) is 26.7 Å². The van der Waals surface area contributed by atoms with Crippen LogP contribution in [0.3, 0.4) is 0 Å². The highest BCUT2D eigenvalue weighted by Gasteiger charge is 2.42. The molecule has 0 amide bonds. The first-order chi connectivity index (χ1) is 7.59. The Morgan fingerprint density at radius 1 is 0.875 bits per heavy atom. The maximum Gasteiger partial charge on any atom is 0.135 e. The summed E-state index contributed by atoms with van der Waals surface area (Å²) in [6, 6.07) is 0. The van der Waals surface area contributed by atoms with E-state index in [2.05, 4.69) is 6.92 Å². The van der Waals surface area contributed by atoms with E-state index in [0.717, 1.165) is 31.6 Å². The first-order valence-corrected chi connectivity index (χ1v) is 6.72. The summed E-state index contributed by atoms with van der Waals surface area (Å²) >= 11 is 0. The van der Waals surface area contributed by atoms with Gasteiger partial charge in [-0.2, -0.15) is 0 Å². The maximum atomic E-state index is 14.0. The second-order valence-corrected chi connectivity index (χ2v) is 5.89. The second-order valence-electron chi connectivity index (χ2n) is 5.89. The Kier molecular flexibility index (Phi) is 3.86. The Bertz CT molecular complexity index is 221. The van der Waals surface area contributed by atoms with E-state index in [1.165, 1.54) is 18.8 Å². The van der Waals surface area contributed by atoms with Crippen molar-refractivity contribution in [3.05, 3.63) is 5.92 Å². The Morgan fingerprint density at radius 3 is 2.12 bits per heavy atom. The lowest BCUT2D eigenvalue weighted by molar-refractivity contribution is 0.0290. The van der Waals surface area contributed by atoms with Gasteiger partial charge in [0, 0.05) is 0 Å². The van der Waals surface area contributed by atoms with Crippen molar-refractivity contribution in [2.45, 2.75) is 64.7 Å². The number of hydrogen-bond acceptors (Lipinski definition) is 0.